The number of benzene rings is 1. The van der Waals surface area contributed by atoms with Crippen LogP contribution in [0.3, 0.4) is 0 Å². The van der Waals surface area contributed by atoms with E-state index in [0.717, 1.165) is 23.2 Å². The van der Waals surface area contributed by atoms with Gasteiger partial charge in [0, 0.05) is 11.3 Å². The molecule has 0 aliphatic rings. The van der Waals surface area contributed by atoms with Gasteiger partial charge >= 0.3 is 0 Å². The van der Waals surface area contributed by atoms with E-state index in [-0.39, 0.29) is 11.7 Å². The Labute approximate surface area is 132 Å². The first kappa shape index (κ1) is 14.7. The summed E-state index contributed by atoms with van der Waals surface area (Å²) in [5.41, 5.74) is 0.697. The van der Waals surface area contributed by atoms with Gasteiger partial charge in [0.2, 0.25) is 5.13 Å². The fourth-order valence-electron chi connectivity index (χ4n) is 2.34. The van der Waals surface area contributed by atoms with Crippen LogP contribution in [0.1, 0.15) is 48.2 Å². The van der Waals surface area contributed by atoms with E-state index in [1.807, 2.05) is 24.3 Å². The third-order valence-corrected chi connectivity index (χ3v) is 4.65. The van der Waals surface area contributed by atoms with Crippen LogP contribution in [-0.4, -0.2) is 16.1 Å². The first-order valence-corrected chi connectivity index (χ1v) is 8.16. The number of carbonyl (C=O) groups is 1. The highest BCUT2D eigenvalue weighted by molar-refractivity contribution is 7.15. The van der Waals surface area contributed by atoms with E-state index in [2.05, 4.69) is 29.4 Å². The quantitative estimate of drug-likeness (QED) is 0.755. The third-order valence-electron chi connectivity index (χ3n) is 3.65. The molecule has 22 heavy (non-hydrogen) atoms. The Morgan fingerprint density at radius 1 is 1.27 bits per heavy atom. The molecule has 1 amide bonds. The molecular weight excluding hydrogens is 298 g/mol. The van der Waals surface area contributed by atoms with E-state index >= 15 is 0 Å². The van der Waals surface area contributed by atoms with Gasteiger partial charge in [0.05, 0.1) is 0 Å². The minimum absolute atomic E-state index is 0.278. The van der Waals surface area contributed by atoms with Gasteiger partial charge in [0.1, 0.15) is 10.6 Å². The molecule has 0 bridgehead atoms. The Balaban J connectivity index is 1.76. The average molecular weight is 315 g/mol. The second-order valence-electron chi connectivity index (χ2n) is 5.06. The fraction of sp³-hybridized carbons (Fsp3) is 0.312. The van der Waals surface area contributed by atoms with Gasteiger partial charge in [-0.05, 0) is 25.0 Å². The first-order chi connectivity index (χ1) is 10.7. The van der Waals surface area contributed by atoms with Crippen molar-refractivity contribution < 1.29 is 9.21 Å². The Bertz CT molecular complexity index is 756. The van der Waals surface area contributed by atoms with E-state index in [9.17, 15) is 4.79 Å². The molecule has 0 radical (unpaired) electrons. The van der Waals surface area contributed by atoms with Gasteiger partial charge in [-0.15, -0.1) is 10.2 Å². The fourth-order valence-corrected chi connectivity index (χ4v) is 3.35. The van der Waals surface area contributed by atoms with Crippen LogP contribution in [-0.2, 0) is 0 Å². The standard InChI is InChI=1S/C16H17N3O2S/c1-3-10(4-2)15-18-19-16(22-15)17-14(20)13-9-11-7-5-6-8-12(11)21-13/h5-10H,3-4H2,1-2H3,(H,17,19,20). The van der Waals surface area contributed by atoms with Crippen molar-refractivity contribution in [3.05, 3.63) is 41.1 Å². The average Bonchev–Trinajstić information content (AvgIpc) is 3.15. The molecule has 0 unspecified atom stereocenters. The van der Waals surface area contributed by atoms with Crippen molar-refractivity contribution in [1.29, 1.82) is 0 Å². The summed E-state index contributed by atoms with van der Waals surface area (Å²) in [6, 6.07) is 9.26. The molecule has 2 heterocycles. The number of hydrogen-bond acceptors (Lipinski definition) is 5. The Kier molecular flexibility index (Phi) is 4.20. The molecule has 0 aliphatic carbocycles. The normalized spacial score (nSPS) is 11.2. The Morgan fingerprint density at radius 2 is 2.05 bits per heavy atom. The minimum Gasteiger partial charge on any atom is -0.451 e. The molecule has 0 saturated carbocycles. The lowest BCUT2D eigenvalue weighted by Gasteiger charge is -2.05. The summed E-state index contributed by atoms with van der Waals surface area (Å²) in [6.45, 7) is 4.25. The van der Waals surface area contributed by atoms with Crippen molar-refractivity contribution in [3.8, 4) is 0 Å². The van der Waals surface area contributed by atoms with Crippen molar-refractivity contribution >= 4 is 33.3 Å². The van der Waals surface area contributed by atoms with Crippen LogP contribution >= 0.6 is 11.3 Å². The summed E-state index contributed by atoms with van der Waals surface area (Å²) in [7, 11) is 0. The highest BCUT2D eigenvalue weighted by Gasteiger charge is 2.17. The molecule has 3 aromatic rings. The molecule has 0 spiro atoms. The topological polar surface area (TPSA) is 68.0 Å². The summed E-state index contributed by atoms with van der Waals surface area (Å²) in [5, 5.41) is 13.3. The van der Waals surface area contributed by atoms with E-state index in [1.165, 1.54) is 11.3 Å². The number of amides is 1. The molecule has 114 valence electrons. The maximum absolute atomic E-state index is 12.2. The van der Waals surface area contributed by atoms with E-state index < -0.39 is 0 Å². The lowest BCUT2D eigenvalue weighted by molar-refractivity contribution is 0.0998. The molecule has 2 aromatic heterocycles. The Morgan fingerprint density at radius 3 is 2.77 bits per heavy atom. The van der Waals surface area contributed by atoms with Gasteiger partial charge in [0.15, 0.2) is 5.76 Å². The number of carbonyl (C=O) groups excluding carboxylic acids is 1. The van der Waals surface area contributed by atoms with Crippen molar-refractivity contribution in [2.45, 2.75) is 32.6 Å². The predicted octanol–water partition coefficient (Wildman–Crippen LogP) is 4.44. The SMILES string of the molecule is CCC(CC)c1nnc(NC(=O)c2cc3ccccc3o2)s1. The van der Waals surface area contributed by atoms with Crippen molar-refractivity contribution in [2.24, 2.45) is 0 Å². The van der Waals surface area contributed by atoms with Crippen LogP contribution in [0.15, 0.2) is 34.7 Å². The second-order valence-corrected chi connectivity index (χ2v) is 6.07. The van der Waals surface area contributed by atoms with Crippen LogP contribution in [0.5, 0.6) is 0 Å². The number of nitrogens with zero attached hydrogens (tertiary/aromatic N) is 2. The summed E-state index contributed by atoms with van der Waals surface area (Å²) < 4.78 is 5.54. The zero-order valence-corrected chi connectivity index (χ0v) is 13.3. The predicted molar refractivity (Wildman–Crippen MR) is 87.4 cm³/mol. The molecule has 1 aromatic carbocycles. The van der Waals surface area contributed by atoms with Gasteiger partial charge < -0.3 is 4.42 Å². The Hall–Kier alpha value is -2.21. The lowest BCUT2D eigenvalue weighted by Crippen LogP contribution is -2.10. The summed E-state index contributed by atoms with van der Waals surface area (Å²) in [5.74, 6) is 0.373. The number of furan rings is 1. The van der Waals surface area contributed by atoms with Crippen LogP contribution in [0.2, 0.25) is 0 Å². The second kappa shape index (κ2) is 6.27. The summed E-state index contributed by atoms with van der Waals surface area (Å²) in [4.78, 5) is 12.2. The highest BCUT2D eigenvalue weighted by atomic mass is 32.1. The molecule has 1 N–H and O–H groups in total. The van der Waals surface area contributed by atoms with E-state index in [4.69, 9.17) is 4.42 Å². The molecule has 0 saturated heterocycles. The number of nitrogens with one attached hydrogen (secondary N) is 1. The van der Waals surface area contributed by atoms with Crippen LogP contribution in [0, 0.1) is 0 Å². The minimum atomic E-state index is -0.302. The summed E-state index contributed by atoms with van der Waals surface area (Å²) in [6.07, 6.45) is 2.03. The molecule has 3 rings (SSSR count). The van der Waals surface area contributed by atoms with Gasteiger partial charge in [0.25, 0.3) is 5.91 Å². The number of anilines is 1. The smallest absolute Gasteiger partial charge is 0.293 e. The molecule has 6 heteroatoms. The monoisotopic (exact) mass is 315 g/mol. The zero-order valence-electron chi connectivity index (χ0n) is 12.5. The molecule has 5 nitrogen and oxygen atoms in total. The molecule has 0 aliphatic heterocycles. The molecule has 0 fully saturated rings. The largest absolute Gasteiger partial charge is 0.451 e. The van der Waals surface area contributed by atoms with E-state index in [0.29, 0.717) is 16.6 Å². The van der Waals surface area contributed by atoms with Crippen LogP contribution < -0.4 is 5.32 Å². The molecular formula is C16H17N3O2S. The van der Waals surface area contributed by atoms with Gasteiger partial charge in [-0.1, -0.05) is 43.4 Å². The maximum atomic E-state index is 12.2. The maximum Gasteiger partial charge on any atom is 0.293 e. The van der Waals surface area contributed by atoms with E-state index in [1.54, 1.807) is 6.07 Å². The zero-order chi connectivity index (χ0) is 15.5. The van der Waals surface area contributed by atoms with Crippen molar-refractivity contribution in [3.63, 3.8) is 0 Å². The lowest BCUT2D eigenvalue weighted by atomic mass is 10.1. The molecule has 0 atom stereocenters. The third kappa shape index (κ3) is 2.87. The first-order valence-electron chi connectivity index (χ1n) is 7.34. The number of fused-ring (bicyclic) bond motifs is 1. The highest BCUT2D eigenvalue weighted by Crippen LogP contribution is 2.28. The van der Waals surface area contributed by atoms with Gasteiger partial charge in [-0.3, -0.25) is 10.1 Å². The van der Waals surface area contributed by atoms with Crippen molar-refractivity contribution in [1.82, 2.24) is 10.2 Å². The van der Waals surface area contributed by atoms with Crippen molar-refractivity contribution in [2.75, 3.05) is 5.32 Å². The van der Waals surface area contributed by atoms with Crippen LogP contribution in [0.25, 0.3) is 11.0 Å². The number of para-hydroxylation sites is 1. The number of aromatic nitrogens is 2. The van der Waals surface area contributed by atoms with Crippen LogP contribution in [0.4, 0.5) is 5.13 Å². The summed E-state index contributed by atoms with van der Waals surface area (Å²) >= 11 is 1.42. The number of rotatable bonds is 5. The van der Waals surface area contributed by atoms with Gasteiger partial charge in [-0.2, -0.15) is 0 Å². The van der Waals surface area contributed by atoms with Gasteiger partial charge in [-0.25, -0.2) is 0 Å². The number of hydrogen-bond donors (Lipinski definition) is 1.